The molecule has 2 aromatic rings. The van der Waals surface area contributed by atoms with Crippen molar-refractivity contribution in [1.29, 1.82) is 0 Å². The molecular weight excluding hydrogens is 387 g/mol. The first kappa shape index (κ1) is 22.2. The van der Waals surface area contributed by atoms with Crippen molar-refractivity contribution in [2.75, 3.05) is 12.9 Å². The third-order valence-corrected chi connectivity index (χ3v) is 4.38. The van der Waals surface area contributed by atoms with E-state index >= 15 is 0 Å². The Kier molecular flexibility index (Phi) is 8.72. The van der Waals surface area contributed by atoms with Crippen LogP contribution in [0.3, 0.4) is 0 Å². The van der Waals surface area contributed by atoms with Crippen LogP contribution in [0.15, 0.2) is 60.7 Å². The van der Waals surface area contributed by atoms with E-state index in [-0.39, 0.29) is 26.1 Å². The van der Waals surface area contributed by atoms with Crippen molar-refractivity contribution in [2.24, 2.45) is 0 Å². The lowest BCUT2D eigenvalue weighted by molar-refractivity contribution is -0.128. The SMILES string of the molecule is CS(=O)(=O)OC(COCc1ccccc1)C(OCc1ccccc1)C(F)C=O. The number of rotatable bonds is 12. The molecule has 0 spiro atoms. The van der Waals surface area contributed by atoms with Gasteiger partial charge >= 0.3 is 0 Å². The quantitative estimate of drug-likeness (QED) is 0.395. The van der Waals surface area contributed by atoms with E-state index in [0.29, 0.717) is 0 Å². The molecule has 152 valence electrons. The predicted octanol–water partition coefficient (Wildman–Crippen LogP) is 2.67. The van der Waals surface area contributed by atoms with Gasteiger partial charge in [-0.2, -0.15) is 8.42 Å². The van der Waals surface area contributed by atoms with Gasteiger partial charge < -0.3 is 14.3 Å². The van der Waals surface area contributed by atoms with Crippen molar-refractivity contribution in [2.45, 2.75) is 31.6 Å². The van der Waals surface area contributed by atoms with Crippen molar-refractivity contribution >= 4 is 16.4 Å². The van der Waals surface area contributed by atoms with Gasteiger partial charge in [0.25, 0.3) is 10.1 Å². The number of ether oxygens (including phenoxy) is 2. The topological polar surface area (TPSA) is 78.9 Å². The first-order chi connectivity index (χ1) is 13.4. The molecule has 0 aromatic heterocycles. The molecule has 2 aromatic carbocycles. The molecule has 0 N–H and O–H groups in total. The van der Waals surface area contributed by atoms with Crippen LogP contribution in [0, 0.1) is 0 Å². The highest BCUT2D eigenvalue weighted by Gasteiger charge is 2.34. The molecule has 0 aliphatic rings. The maximum Gasteiger partial charge on any atom is 0.264 e. The second-order valence-corrected chi connectivity index (χ2v) is 7.78. The summed E-state index contributed by atoms with van der Waals surface area (Å²) in [6.45, 7) is -0.105. The van der Waals surface area contributed by atoms with E-state index < -0.39 is 28.5 Å². The number of carbonyl (C=O) groups excluding carboxylic acids is 1. The molecule has 3 unspecified atom stereocenters. The molecular formula is C20H23FO6S. The van der Waals surface area contributed by atoms with E-state index in [2.05, 4.69) is 0 Å². The molecule has 28 heavy (non-hydrogen) atoms. The number of carbonyl (C=O) groups is 1. The van der Waals surface area contributed by atoms with Gasteiger partial charge in [0.05, 0.1) is 26.1 Å². The van der Waals surface area contributed by atoms with E-state index in [9.17, 15) is 17.6 Å². The van der Waals surface area contributed by atoms with Crippen molar-refractivity contribution in [3.05, 3.63) is 71.8 Å². The van der Waals surface area contributed by atoms with Crippen molar-refractivity contribution in [1.82, 2.24) is 0 Å². The number of hydrogen-bond acceptors (Lipinski definition) is 6. The summed E-state index contributed by atoms with van der Waals surface area (Å²) in [5, 5.41) is 0. The smallest absolute Gasteiger partial charge is 0.264 e. The van der Waals surface area contributed by atoms with Gasteiger partial charge in [0, 0.05) is 0 Å². The Balaban J connectivity index is 2.08. The van der Waals surface area contributed by atoms with Crippen molar-refractivity contribution in [3.8, 4) is 0 Å². The zero-order valence-electron chi connectivity index (χ0n) is 15.4. The van der Waals surface area contributed by atoms with Crippen molar-refractivity contribution < 1.29 is 31.3 Å². The van der Waals surface area contributed by atoms with E-state index in [1.165, 1.54) is 0 Å². The van der Waals surface area contributed by atoms with E-state index in [0.717, 1.165) is 17.4 Å². The number of benzene rings is 2. The van der Waals surface area contributed by atoms with Crippen molar-refractivity contribution in [3.63, 3.8) is 0 Å². The molecule has 0 bridgehead atoms. The van der Waals surface area contributed by atoms with Gasteiger partial charge in [0.1, 0.15) is 12.2 Å². The molecule has 8 heteroatoms. The molecule has 6 nitrogen and oxygen atoms in total. The number of alkyl halides is 1. The summed E-state index contributed by atoms with van der Waals surface area (Å²) in [7, 11) is -3.93. The van der Waals surface area contributed by atoms with E-state index in [1.54, 1.807) is 24.3 Å². The van der Waals surface area contributed by atoms with Crippen LogP contribution in [0.5, 0.6) is 0 Å². The predicted molar refractivity (Wildman–Crippen MR) is 102 cm³/mol. The van der Waals surface area contributed by atoms with Crippen LogP contribution < -0.4 is 0 Å². The Morgan fingerprint density at radius 2 is 1.50 bits per heavy atom. The third kappa shape index (κ3) is 7.85. The Hall–Kier alpha value is -2.13. The van der Waals surface area contributed by atoms with Crippen LogP contribution in [0.25, 0.3) is 0 Å². The third-order valence-electron chi connectivity index (χ3n) is 3.79. The van der Waals surface area contributed by atoms with Crippen LogP contribution in [0.1, 0.15) is 11.1 Å². The molecule has 0 heterocycles. The molecule has 0 saturated carbocycles. The van der Waals surface area contributed by atoms with Crippen LogP contribution in [-0.2, 0) is 41.8 Å². The van der Waals surface area contributed by atoms with Gasteiger partial charge in [-0.05, 0) is 11.1 Å². The van der Waals surface area contributed by atoms with E-state index in [4.69, 9.17) is 13.7 Å². The number of aldehydes is 1. The maximum absolute atomic E-state index is 14.3. The zero-order valence-corrected chi connectivity index (χ0v) is 16.3. The largest absolute Gasteiger partial charge is 0.374 e. The highest BCUT2D eigenvalue weighted by Crippen LogP contribution is 2.17. The summed E-state index contributed by atoms with van der Waals surface area (Å²) in [5.41, 5.74) is 1.60. The zero-order chi connectivity index (χ0) is 20.4. The standard InChI is InChI=1S/C20H23FO6S/c1-28(23,24)27-19(15-25-13-16-8-4-2-5-9-16)20(18(21)12-22)26-14-17-10-6-3-7-11-17/h2-12,18-20H,13-15H2,1H3. The van der Waals surface area contributed by atoms with Gasteiger partial charge in [-0.25, -0.2) is 4.39 Å². The molecule has 2 rings (SSSR count). The summed E-state index contributed by atoms with van der Waals surface area (Å²) in [5.74, 6) is 0. The van der Waals surface area contributed by atoms with Gasteiger partial charge in [0.15, 0.2) is 12.5 Å². The Morgan fingerprint density at radius 1 is 0.964 bits per heavy atom. The molecule has 0 saturated heterocycles. The summed E-state index contributed by atoms with van der Waals surface area (Å²) in [6.07, 6.45) is -3.92. The Labute approximate surface area is 164 Å². The highest BCUT2D eigenvalue weighted by molar-refractivity contribution is 7.86. The number of hydrogen-bond donors (Lipinski definition) is 0. The minimum absolute atomic E-state index is 0.0118. The van der Waals surface area contributed by atoms with Gasteiger partial charge in [-0.15, -0.1) is 0 Å². The molecule has 3 atom stereocenters. The maximum atomic E-state index is 14.3. The minimum Gasteiger partial charge on any atom is -0.374 e. The highest BCUT2D eigenvalue weighted by atomic mass is 32.2. The average molecular weight is 410 g/mol. The first-order valence-electron chi connectivity index (χ1n) is 8.64. The van der Waals surface area contributed by atoms with Crippen LogP contribution in [0.4, 0.5) is 4.39 Å². The second-order valence-electron chi connectivity index (χ2n) is 6.18. The fourth-order valence-electron chi connectivity index (χ4n) is 2.52. The van der Waals surface area contributed by atoms with Crippen LogP contribution in [-0.4, -0.2) is 45.9 Å². The summed E-state index contributed by atoms with van der Waals surface area (Å²) in [4.78, 5) is 11.0. The lowest BCUT2D eigenvalue weighted by Gasteiger charge is -2.27. The lowest BCUT2D eigenvalue weighted by Crippen LogP contribution is -2.43. The summed E-state index contributed by atoms with van der Waals surface area (Å²) < 4.78 is 53.5. The summed E-state index contributed by atoms with van der Waals surface area (Å²) >= 11 is 0. The molecule has 0 aliphatic heterocycles. The lowest BCUT2D eigenvalue weighted by atomic mass is 10.1. The fourth-order valence-corrected chi connectivity index (χ4v) is 3.13. The monoisotopic (exact) mass is 410 g/mol. The average Bonchev–Trinajstić information content (AvgIpc) is 2.68. The Bertz CT molecular complexity index is 813. The molecule has 0 aliphatic carbocycles. The van der Waals surface area contributed by atoms with E-state index in [1.807, 2.05) is 36.4 Å². The van der Waals surface area contributed by atoms with Crippen LogP contribution in [0.2, 0.25) is 0 Å². The first-order valence-corrected chi connectivity index (χ1v) is 10.5. The molecule has 0 amide bonds. The van der Waals surface area contributed by atoms with Gasteiger partial charge in [-0.3, -0.25) is 4.18 Å². The fraction of sp³-hybridized carbons (Fsp3) is 0.350. The molecule has 0 fully saturated rings. The van der Waals surface area contributed by atoms with Crippen LogP contribution >= 0.6 is 0 Å². The molecule has 0 radical (unpaired) electrons. The summed E-state index contributed by atoms with van der Waals surface area (Å²) in [6, 6.07) is 18.1. The van der Waals surface area contributed by atoms with Gasteiger partial charge in [-0.1, -0.05) is 60.7 Å². The Morgan fingerprint density at radius 3 is 2.00 bits per heavy atom. The second kappa shape index (κ2) is 11.0. The number of halogens is 1. The van der Waals surface area contributed by atoms with Gasteiger partial charge in [0.2, 0.25) is 0 Å². The normalized spacial score (nSPS) is 14.9. The minimum atomic E-state index is -3.93.